The quantitative estimate of drug-likeness (QED) is 0.617. The van der Waals surface area contributed by atoms with Crippen molar-refractivity contribution in [3.63, 3.8) is 0 Å². The van der Waals surface area contributed by atoms with Crippen LogP contribution in [-0.4, -0.2) is 90.0 Å². The number of nitrogens with zero attached hydrogens (tertiary/aromatic N) is 5. The number of morpholine rings is 1. The van der Waals surface area contributed by atoms with Gasteiger partial charge in [0.05, 0.1) is 30.0 Å². The van der Waals surface area contributed by atoms with Crippen LogP contribution in [0.15, 0.2) is 42.5 Å². The Morgan fingerprint density at radius 1 is 1.09 bits per heavy atom. The lowest BCUT2D eigenvalue weighted by Crippen LogP contribution is -2.44. The number of benzene rings is 1. The van der Waals surface area contributed by atoms with Gasteiger partial charge < -0.3 is 14.5 Å². The average molecular weight is 464 g/mol. The first kappa shape index (κ1) is 21.7. The van der Waals surface area contributed by atoms with Crippen molar-refractivity contribution in [2.45, 2.75) is 24.2 Å². The highest BCUT2D eigenvalue weighted by Crippen LogP contribution is 2.60. The molecule has 2 bridgehead atoms. The maximum absolute atomic E-state index is 14.4. The molecule has 4 aliphatic rings. The Hall–Kier alpha value is -2.84. The van der Waals surface area contributed by atoms with Crippen LogP contribution >= 0.6 is 0 Å². The maximum Gasteiger partial charge on any atom is 0.320 e. The summed E-state index contributed by atoms with van der Waals surface area (Å²) in [4.78, 5) is 19.5. The first-order chi connectivity index (χ1) is 16.6. The molecule has 0 spiro atoms. The van der Waals surface area contributed by atoms with Gasteiger partial charge in [-0.15, -0.1) is 0 Å². The number of aromatic nitrogens is 2. The van der Waals surface area contributed by atoms with Crippen molar-refractivity contribution >= 4 is 6.03 Å². The zero-order chi connectivity index (χ0) is 23.3. The van der Waals surface area contributed by atoms with E-state index in [1.165, 1.54) is 6.07 Å². The minimum absolute atomic E-state index is 0.100. The molecule has 0 radical (unpaired) electrons. The number of carbonyl (C=O) groups excluding carboxylic acids is 1. The van der Waals surface area contributed by atoms with E-state index in [0.29, 0.717) is 17.8 Å². The van der Waals surface area contributed by atoms with Crippen molar-refractivity contribution in [1.29, 1.82) is 0 Å². The van der Waals surface area contributed by atoms with Crippen molar-refractivity contribution in [2.24, 2.45) is 0 Å². The molecule has 6 rings (SSSR count). The van der Waals surface area contributed by atoms with Gasteiger partial charge in [0.15, 0.2) is 0 Å². The van der Waals surface area contributed by atoms with E-state index in [9.17, 15) is 9.18 Å². The molecular formula is C26H30FN5O2. The summed E-state index contributed by atoms with van der Waals surface area (Å²) in [5.41, 5.74) is 3.82. The highest BCUT2D eigenvalue weighted by Gasteiger charge is 2.55. The summed E-state index contributed by atoms with van der Waals surface area (Å²) < 4.78 is 19.8. The van der Waals surface area contributed by atoms with E-state index in [2.05, 4.69) is 21.7 Å². The third kappa shape index (κ3) is 3.43. The molecule has 3 heterocycles. The molecule has 0 N–H and O–H groups in total. The van der Waals surface area contributed by atoms with Gasteiger partial charge >= 0.3 is 6.03 Å². The molecule has 1 aromatic heterocycles. The molecular weight excluding hydrogens is 433 g/mol. The Bertz CT molecular complexity index is 1130. The first-order valence-corrected chi connectivity index (χ1v) is 12.2. The molecule has 3 fully saturated rings. The summed E-state index contributed by atoms with van der Waals surface area (Å²) >= 11 is 0. The van der Waals surface area contributed by atoms with Crippen molar-refractivity contribution in [2.75, 3.05) is 59.0 Å². The maximum atomic E-state index is 14.4. The highest BCUT2D eigenvalue weighted by atomic mass is 19.1. The monoisotopic (exact) mass is 463 g/mol. The van der Waals surface area contributed by atoms with Crippen LogP contribution in [0.2, 0.25) is 0 Å². The molecule has 2 atom stereocenters. The summed E-state index contributed by atoms with van der Waals surface area (Å²) in [6, 6.07) is 8.75. The summed E-state index contributed by atoms with van der Waals surface area (Å²) in [5.74, 6) is -0.0977. The Morgan fingerprint density at radius 2 is 1.88 bits per heavy atom. The lowest BCUT2D eigenvalue weighted by atomic mass is 9.81. The van der Waals surface area contributed by atoms with E-state index in [0.717, 1.165) is 82.2 Å². The topological polar surface area (TPSA) is 61.8 Å². The van der Waals surface area contributed by atoms with Crippen LogP contribution in [0.1, 0.15) is 30.0 Å². The number of urea groups is 1. The molecule has 2 aliphatic heterocycles. The van der Waals surface area contributed by atoms with Crippen molar-refractivity contribution < 1.29 is 13.9 Å². The predicted molar refractivity (Wildman–Crippen MR) is 126 cm³/mol. The molecule has 1 aromatic carbocycles. The van der Waals surface area contributed by atoms with Gasteiger partial charge in [-0.2, -0.15) is 10.2 Å². The van der Waals surface area contributed by atoms with Crippen LogP contribution in [0.25, 0.3) is 11.3 Å². The van der Waals surface area contributed by atoms with E-state index in [1.54, 1.807) is 12.1 Å². The van der Waals surface area contributed by atoms with E-state index in [-0.39, 0.29) is 23.2 Å². The smallest absolute Gasteiger partial charge is 0.320 e. The van der Waals surface area contributed by atoms with E-state index in [1.807, 2.05) is 21.9 Å². The summed E-state index contributed by atoms with van der Waals surface area (Å²) in [6.07, 6.45) is 1.91. The molecule has 2 amide bonds. The van der Waals surface area contributed by atoms with Crippen molar-refractivity contribution in [3.05, 3.63) is 59.6 Å². The SMILES string of the molecule is C=C1[C@@H]2CC[C@@]1(CN1CCN(CCN3CCOCC3)C1=O)c1nnc(-c3ccccc3F)cc12. The minimum Gasteiger partial charge on any atom is -0.379 e. The molecule has 2 aromatic rings. The standard InChI is InChI=1S/C26H30FN5O2/c1-18-19-6-7-26(18,24-21(19)16-23(28-29-24)20-4-2-3-5-22(20)27)17-32-11-10-31(25(32)33)9-8-30-12-14-34-15-13-30/h2-5,16,19H,1,6-15,17H2/t19-,26-/m0/s1. The van der Waals surface area contributed by atoms with Crippen LogP contribution in [0.5, 0.6) is 0 Å². The van der Waals surface area contributed by atoms with Gasteiger partial charge in [0.2, 0.25) is 0 Å². The van der Waals surface area contributed by atoms with E-state index >= 15 is 0 Å². The number of hydrogen-bond donors (Lipinski definition) is 0. The normalized spacial score (nSPS) is 26.6. The Morgan fingerprint density at radius 3 is 2.71 bits per heavy atom. The second-order valence-corrected chi connectivity index (χ2v) is 9.86. The Balaban J connectivity index is 1.20. The van der Waals surface area contributed by atoms with Crippen LogP contribution < -0.4 is 0 Å². The summed E-state index contributed by atoms with van der Waals surface area (Å²) in [5, 5.41) is 9.03. The van der Waals surface area contributed by atoms with Crippen LogP contribution in [0, 0.1) is 5.82 Å². The van der Waals surface area contributed by atoms with Gasteiger partial charge in [0, 0.05) is 57.3 Å². The second-order valence-electron chi connectivity index (χ2n) is 9.86. The number of fused-ring (bicyclic) bond motifs is 5. The van der Waals surface area contributed by atoms with Gasteiger partial charge in [-0.05, 0) is 36.6 Å². The zero-order valence-electron chi connectivity index (χ0n) is 19.4. The lowest BCUT2D eigenvalue weighted by Gasteiger charge is -2.33. The predicted octanol–water partition coefficient (Wildman–Crippen LogP) is 3.04. The molecule has 34 heavy (non-hydrogen) atoms. The Kier molecular flexibility index (Phi) is 5.37. The molecule has 8 heteroatoms. The van der Waals surface area contributed by atoms with Crippen LogP contribution in [0.3, 0.4) is 0 Å². The second kappa shape index (κ2) is 8.43. The van der Waals surface area contributed by atoms with Crippen molar-refractivity contribution in [1.82, 2.24) is 24.9 Å². The average Bonchev–Trinajstić information content (AvgIpc) is 3.45. The van der Waals surface area contributed by atoms with E-state index < -0.39 is 0 Å². The zero-order valence-corrected chi connectivity index (χ0v) is 19.4. The van der Waals surface area contributed by atoms with Gasteiger partial charge in [-0.1, -0.05) is 24.3 Å². The third-order valence-corrected chi connectivity index (χ3v) is 8.13. The fraction of sp³-hybridized carbons (Fsp3) is 0.500. The first-order valence-electron chi connectivity index (χ1n) is 12.2. The van der Waals surface area contributed by atoms with Gasteiger partial charge in [-0.25, -0.2) is 9.18 Å². The van der Waals surface area contributed by atoms with Crippen LogP contribution in [-0.2, 0) is 10.2 Å². The summed E-state index contributed by atoms with van der Waals surface area (Å²) in [7, 11) is 0. The fourth-order valence-electron chi connectivity index (χ4n) is 6.17. The summed E-state index contributed by atoms with van der Waals surface area (Å²) in [6.45, 7) is 11.5. The molecule has 0 unspecified atom stereocenters. The van der Waals surface area contributed by atoms with Crippen molar-refractivity contribution in [3.8, 4) is 11.3 Å². The molecule has 178 valence electrons. The molecule has 2 saturated heterocycles. The van der Waals surface area contributed by atoms with Gasteiger partial charge in [-0.3, -0.25) is 4.90 Å². The van der Waals surface area contributed by atoms with Gasteiger partial charge in [0.1, 0.15) is 5.82 Å². The van der Waals surface area contributed by atoms with E-state index in [4.69, 9.17) is 4.74 Å². The molecule has 2 aliphatic carbocycles. The Labute approximate surface area is 199 Å². The molecule has 7 nitrogen and oxygen atoms in total. The number of hydrogen-bond acceptors (Lipinski definition) is 5. The fourth-order valence-corrected chi connectivity index (χ4v) is 6.17. The van der Waals surface area contributed by atoms with Gasteiger partial charge in [0.25, 0.3) is 0 Å². The number of amides is 2. The lowest BCUT2D eigenvalue weighted by molar-refractivity contribution is 0.0354. The largest absolute Gasteiger partial charge is 0.379 e. The molecule has 1 saturated carbocycles. The van der Waals surface area contributed by atoms with Crippen LogP contribution in [0.4, 0.5) is 9.18 Å². The number of ether oxygens (including phenoxy) is 1. The minimum atomic E-state index is -0.351. The number of rotatable bonds is 6. The third-order valence-electron chi connectivity index (χ3n) is 8.13. The number of halogens is 1. The number of carbonyl (C=O) groups is 1. The highest BCUT2D eigenvalue weighted by molar-refractivity contribution is 5.77.